The van der Waals surface area contributed by atoms with Crippen molar-refractivity contribution in [2.75, 3.05) is 19.7 Å². The number of fused-ring (bicyclic) bond motifs is 1. The number of hydrogen-bond donors (Lipinski definition) is 1. The summed E-state index contributed by atoms with van der Waals surface area (Å²) in [5, 5.41) is 3.01. The van der Waals surface area contributed by atoms with E-state index in [0.717, 1.165) is 0 Å². The van der Waals surface area contributed by atoms with Gasteiger partial charge in [0.05, 0.1) is 6.61 Å². The Bertz CT molecular complexity index is 1070. The van der Waals surface area contributed by atoms with Gasteiger partial charge in [0.2, 0.25) is 5.89 Å². The Morgan fingerprint density at radius 2 is 2.03 bits per heavy atom. The molecular formula is C22H22FN3O4. The number of hydrogen-bond acceptors (Lipinski definition) is 5. The summed E-state index contributed by atoms with van der Waals surface area (Å²) in [6.45, 7) is 3.21. The van der Waals surface area contributed by atoms with Gasteiger partial charge in [0.25, 0.3) is 5.91 Å². The summed E-state index contributed by atoms with van der Waals surface area (Å²) in [4.78, 5) is 30.5. The molecule has 0 unspecified atom stereocenters. The number of carbonyl (C=O) groups is 2. The van der Waals surface area contributed by atoms with Crippen molar-refractivity contribution in [3.8, 4) is 11.5 Å². The van der Waals surface area contributed by atoms with Gasteiger partial charge in [-0.1, -0.05) is 6.07 Å². The molecule has 2 aromatic carbocycles. The van der Waals surface area contributed by atoms with E-state index in [2.05, 4.69) is 10.3 Å². The molecule has 0 aliphatic carbocycles. The largest absolute Gasteiger partial charge is 0.450 e. The van der Waals surface area contributed by atoms with Crippen LogP contribution in [0.2, 0.25) is 0 Å². The Balaban J connectivity index is 1.42. The lowest BCUT2D eigenvalue weighted by atomic mass is 10.0. The molecule has 2 heterocycles. The maximum Gasteiger partial charge on any atom is 0.409 e. The van der Waals surface area contributed by atoms with Crippen LogP contribution in [-0.4, -0.2) is 47.6 Å². The van der Waals surface area contributed by atoms with Crippen LogP contribution >= 0.6 is 0 Å². The molecule has 1 saturated heterocycles. The van der Waals surface area contributed by atoms with Gasteiger partial charge in [-0.15, -0.1) is 0 Å². The average molecular weight is 411 g/mol. The van der Waals surface area contributed by atoms with Crippen LogP contribution < -0.4 is 5.32 Å². The number of likely N-dealkylation sites (tertiary alicyclic amines) is 1. The molecule has 1 aromatic heterocycles. The highest BCUT2D eigenvalue weighted by Gasteiger charge is 2.25. The molecule has 0 bridgehead atoms. The smallest absolute Gasteiger partial charge is 0.409 e. The van der Waals surface area contributed by atoms with Crippen molar-refractivity contribution < 1.29 is 23.1 Å². The van der Waals surface area contributed by atoms with Gasteiger partial charge >= 0.3 is 6.09 Å². The second-order valence-corrected chi connectivity index (χ2v) is 7.15. The van der Waals surface area contributed by atoms with Crippen molar-refractivity contribution >= 4 is 23.1 Å². The van der Waals surface area contributed by atoms with E-state index in [4.69, 9.17) is 9.15 Å². The number of rotatable bonds is 4. The normalized spacial score (nSPS) is 14.7. The molecule has 3 aromatic rings. The van der Waals surface area contributed by atoms with E-state index in [1.54, 1.807) is 42.2 Å². The van der Waals surface area contributed by atoms with Crippen LogP contribution in [0.15, 0.2) is 46.9 Å². The zero-order valence-electron chi connectivity index (χ0n) is 16.6. The van der Waals surface area contributed by atoms with Crippen LogP contribution in [-0.2, 0) is 4.74 Å². The van der Waals surface area contributed by atoms with Gasteiger partial charge in [0.1, 0.15) is 11.3 Å². The van der Waals surface area contributed by atoms with Crippen LogP contribution in [0.25, 0.3) is 22.6 Å². The number of oxazole rings is 1. The first-order valence-electron chi connectivity index (χ1n) is 9.92. The monoisotopic (exact) mass is 411 g/mol. The van der Waals surface area contributed by atoms with Gasteiger partial charge in [-0.2, -0.15) is 0 Å². The third kappa shape index (κ3) is 4.27. The number of nitrogens with one attached hydrogen (secondary N) is 1. The summed E-state index contributed by atoms with van der Waals surface area (Å²) < 4.78 is 24.2. The summed E-state index contributed by atoms with van der Waals surface area (Å²) in [7, 11) is 0. The zero-order valence-corrected chi connectivity index (χ0v) is 16.6. The fraction of sp³-hybridized carbons (Fsp3) is 0.318. The Kier molecular flexibility index (Phi) is 5.65. The molecular weight excluding hydrogens is 389 g/mol. The Labute approximate surface area is 172 Å². The Morgan fingerprint density at radius 1 is 1.23 bits per heavy atom. The van der Waals surface area contributed by atoms with Crippen molar-refractivity contribution in [3.05, 3.63) is 53.8 Å². The maximum atomic E-state index is 13.5. The van der Waals surface area contributed by atoms with E-state index in [1.165, 1.54) is 12.1 Å². The minimum atomic E-state index is -0.371. The fourth-order valence-electron chi connectivity index (χ4n) is 3.50. The number of halogens is 1. The third-order valence-corrected chi connectivity index (χ3v) is 5.08. The first-order valence-corrected chi connectivity index (χ1v) is 9.92. The average Bonchev–Trinajstić information content (AvgIpc) is 3.18. The predicted octanol–water partition coefficient (Wildman–Crippen LogP) is 3.98. The van der Waals surface area contributed by atoms with Gasteiger partial charge in [-0.3, -0.25) is 4.79 Å². The molecule has 1 fully saturated rings. The van der Waals surface area contributed by atoms with Gasteiger partial charge in [0.15, 0.2) is 5.58 Å². The molecule has 7 nitrogen and oxygen atoms in total. The maximum absolute atomic E-state index is 13.5. The highest BCUT2D eigenvalue weighted by Crippen LogP contribution is 2.25. The topological polar surface area (TPSA) is 84.7 Å². The van der Waals surface area contributed by atoms with E-state index in [-0.39, 0.29) is 23.9 Å². The highest BCUT2D eigenvalue weighted by molar-refractivity contribution is 5.97. The van der Waals surface area contributed by atoms with Gasteiger partial charge < -0.3 is 19.4 Å². The Hall–Kier alpha value is -3.42. The van der Waals surface area contributed by atoms with Crippen molar-refractivity contribution in [1.29, 1.82) is 0 Å². The Morgan fingerprint density at radius 3 is 2.77 bits per heavy atom. The molecule has 1 aliphatic heterocycles. The van der Waals surface area contributed by atoms with Crippen molar-refractivity contribution in [1.82, 2.24) is 15.2 Å². The molecule has 0 spiro atoms. The quantitative estimate of drug-likeness (QED) is 0.702. The summed E-state index contributed by atoms with van der Waals surface area (Å²) >= 11 is 0. The van der Waals surface area contributed by atoms with Gasteiger partial charge in [-0.25, -0.2) is 14.2 Å². The second kappa shape index (κ2) is 8.52. The van der Waals surface area contributed by atoms with Crippen LogP contribution in [0.3, 0.4) is 0 Å². The lowest BCUT2D eigenvalue weighted by molar-refractivity contribution is 0.0860. The molecule has 156 valence electrons. The minimum Gasteiger partial charge on any atom is -0.450 e. The van der Waals surface area contributed by atoms with Crippen LogP contribution in [0, 0.1) is 5.82 Å². The van der Waals surface area contributed by atoms with Crippen molar-refractivity contribution in [2.24, 2.45) is 0 Å². The van der Waals surface area contributed by atoms with E-state index in [0.29, 0.717) is 60.7 Å². The molecule has 1 N–H and O–H groups in total. The highest BCUT2D eigenvalue weighted by atomic mass is 19.1. The SMILES string of the molecule is CCOC(=O)N1CCC(NC(=O)c2ccc3oc(-c4cccc(F)c4)nc3c2)CC1. The molecule has 30 heavy (non-hydrogen) atoms. The first-order chi connectivity index (χ1) is 14.5. The zero-order chi connectivity index (χ0) is 21.1. The van der Waals surface area contributed by atoms with Crippen LogP contribution in [0.5, 0.6) is 0 Å². The number of nitrogens with zero attached hydrogens (tertiary/aromatic N) is 2. The van der Waals surface area contributed by atoms with Gasteiger partial charge in [0, 0.05) is 30.3 Å². The summed E-state index contributed by atoms with van der Waals surface area (Å²) in [5.74, 6) is -0.279. The molecule has 8 heteroatoms. The minimum absolute atomic E-state index is 0.0148. The molecule has 2 amide bonds. The summed E-state index contributed by atoms with van der Waals surface area (Å²) in [6, 6.07) is 11.0. The van der Waals surface area contributed by atoms with E-state index < -0.39 is 0 Å². The number of aromatic nitrogens is 1. The first kappa shape index (κ1) is 19.9. The van der Waals surface area contributed by atoms with Crippen LogP contribution in [0.4, 0.5) is 9.18 Å². The molecule has 0 saturated carbocycles. The van der Waals surface area contributed by atoms with E-state index >= 15 is 0 Å². The molecule has 1 aliphatic rings. The number of amides is 2. The number of benzene rings is 2. The number of piperidine rings is 1. The second-order valence-electron chi connectivity index (χ2n) is 7.15. The molecule has 0 atom stereocenters. The van der Waals surface area contributed by atoms with Crippen molar-refractivity contribution in [2.45, 2.75) is 25.8 Å². The van der Waals surface area contributed by atoms with Gasteiger partial charge in [-0.05, 0) is 56.2 Å². The van der Waals surface area contributed by atoms with Crippen molar-refractivity contribution in [3.63, 3.8) is 0 Å². The standard InChI is InChI=1S/C22H22FN3O4/c1-2-29-22(28)26-10-8-17(9-11-26)24-20(27)14-6-7-19-18(13-14)25-21(30-19)15-4-3-5-16(23)12-15/h3-7,12-13,17H,2,8-11H2,1H3,(H,24,27). The third-order valence-electron chi connectivity index (χ3n) is 5.08. The summed E-state index contributed by atoms with van der Waals surface area (Å²) in [5.41, 5.74) is 2.05. The van der Waals surface area contributed by atoms with Crippen LogP contribution in [0.1, 0.15) is 30.1 Å². The summed E-state index contributed by atoms with van der Waals surface area (Å²) in [6.07, 6.45) is 1.02. The van der Waals surface area contributed by atoms with E-state index in [1.807, 2.05) is 0 Å². The molecule has 4 rings (SSSR count). The number of ether oxygens (including phenoxy) is 1. The predicted molar refractivity (Wildman–Crippen MR) is 108 cm³/mol. The lowest BCUT2D eigenvalue weighted by Crippen LogP contribution is -2.46. The van der Waals surface area contributed by atoms with E-state index in [9.17, 15) is 14.0 Å². The number of carbonyl (C=O) groups excluding carboxylic acids is 2. The molecule has 0 radical (unpaired) electrons. The fourth-order valence-corrected chi connectivity index (χ4v) is 3.50. The lowest BCUT2D eigenvalue weighted by Gasteiger charge is -2.31.